The molecule has 3 nitrogen and oxygen atoms in total. The summed E-state index contributed by atoms with van der Waals surface area (Å²) in [6.07, 6.45) is 0.0395. The van der Waals surface area contributed by atoms with Gasteiger partial charge in [-0.05, 0) is 20.8 Å². The van der Waals surface area contributed by atoms with E-state index in [-0.39, 0.29) is 12.4 Å². The molecule has 0 atom stereocenters. The summed E-state index contributed by atoms with van der Waals surface area (Å²) in [5.41, 5.74) is -1.04. The van der Waals surface area contributed by atoms with E-state index in [9.17, 15) is 4.79 Å². The van der Waals surface area contributed by atoms with Gasteiger partial charge in [-0.3, -0.25) is 4.79 Å². The molecule has 3 heteroatoms. The fourth-order valence-electron chi connectivity index (χ4n) is 0.545. The molecule has 0 aliphatic carbocycles. The quantitative estimate of drug-likeness (QED) is 0.490. The molecule has 0 aliphatic rings. The average Bonchev–Trinajstić information content (AvgIpc) is 1.84. The second-order valence-corrected chi connectivity index (χ2v) is 2.84. The average molecular weight is 170 g/mol. The Bertz CT molecular complexity index is 202. The number of rotatable bonds is 2. The van der Waals surface area contributed by atoms with Gasteiger partial charge in [0, 0.05) is 0 Å². The van der Waals surface area contributed by atoms with E-state index in [0.29, 0.717) is 6.61 Å². The lowest BCUT2D eigenvalue weighted by Crippen LogP contribution is -2.14. The molecule has 0 aliphatic heterocycles. The molecule has 0 saturated heterocycles. The molecule has 0 unspecified atom stereocenters. The summed E-state index contributed by atoms with van der Waals surface area (Å²) in [6.45, 7) is 5.22. The zero-order valence-corrected chi connectivity index (χ0v) is 7.68. The lowest BCUT2D eigenvalue weighted by atomic mass is 10.1. The van der Waals surface area contributed by atoms with Crippen molar-refractivity contribution in [2.75, 3.05) is 6.61 Å². The highest BCUT2D eigenvalue weighted by molar-refractivity contribution is 5.72. The Morgan fingerprint density at radius 1 is 1.58 bits per heavy atom. The second-order valence-electron chi connectivity index (χ2n) is 2.84. The molecule has 1 N–H and O–H groups in total. The first-order valence-electron chi connectivity index (χ1n) is 3.83. The van der Waals surface area contributed by atoms with Crippen LogP contribution in [0.25, 0.3) is 0 Å². The van der Waals surface area contributed by atoms with Crippen molar-refractivity contribution >= 4 is 5.97 Å². The van der Waals surface area contributed by atoms with Crippen molar-refractivity contribution < 1.29 is 14.6 Å². The van der Waals surface area contributed by atoms with E-state index in [1.807, 2.05) is 0 Å². The Labute approximate surface area is 72.7 Å². The number of aliphatic hydroxyl groups is 1. The molecule has 0 radical (unpaired) electrons. The molecule has 0 aromatic carbocycles. The van der Waals surface area contributed by atoms with Crippen LogP contribution in [0.5, 0.6) is 0 Å². The van der Waals surface area contributed by atoms with Gasteiger partial charge in [0.05, 0.1) is 6.61 Å². The molecule has 0 aromatic heterocycles. The van der Waals surface area contributed by atoms with E-state index in [4.69, 9.17) is 5.11 Å². The maximum Gasteiger partial charge on any atom is 0.317 e. The summed E-state index contributed by atoms with van der Waals surface area (Å²) < 4.78 is 4.63. The lowest BCUT2D eigenvalue weighted by Gasteiger charge is -2.05. The van der Waals surface area contributed by atoms with Crippen molar-refractivity contribution in [3.63, 3.8) is 0 Å². The van der Waals surface area contributed by atoms with Gasteiger partial charge in [0.1, 0.15) is 12.0 Å². The van der Waals surface area contributed by atoms with Crippen LogP contribution in [0.2, 0.25) is 0 Å². The molecule has 0 heterocycles. The van der Waals surface area contributed by atoms with Gasteiger partial charge < -0.3 is 9.84 Å². The first kappa shape index (κ1) is 11.0. The number of hydrogen-bond acceptors (Lipinski definition) is 3. The highest BCUT2D eigenvalue weighted by atomic mass is 16.5. The molecular weight excluding hydrogens is 156 g/mol. The molecule has 0 saturated carbocycles. The van der Waals surface area contributed by atoms with Crippen molar-refractivity contribution in [1.82, 2.24) is 0 Å². The van der Waals surface area contributed by atoms with Crippen LogP contribution >= 0.6 is 0 Å². The van der Waals surface area contributed by atoms with Crippen LogP contribution in [0.1, 0.15) is 27.2 Å². The Morgan fingerprint density at radius 2 is 2.17 bits per heavy atom. The van der Waals surface area contributed by atoms with E-state index in [0.717, 1.165) is 0 Å². The molecule has 68 valence electrons. The second kappa shape index (κ2) is 4.78. The van der Waals surface area contributed by atoms with Gasteiger partial charge in [-0.1, -0.05) is 11.8 Å². The van der Waals surface area contributed by atoms with Crippen LogP contribution in [0.15, 0.2) is 0 Å². The zero-order chi connectivity index (χ0) is 9.61. The number of carbonyl (C=O) groups excluding carboxylic acids is 1. The monoisotopic (exact) mass is 170 g/mol. The van der Waals surface area contributed by atoms with Gasteiger partial charge in [-0.15, -0.1) is 0 Å². The molecule has 0 spiro atoms. The zero-order valence-electron chi connectivity index (χ0n) is 7.68. The highest BCUT2D eigenvalue weighted by Crippen LogP contribution is 1.96. The van der Waals surface area contributed by atoms with Crippen molar-refractivity contribution in [2.45, 2.75) is 32.8 Å². The molecular formula is C9H14O3. The van der Waals surface area contributed by atoms with Crippen LogP contribution in [0.3, 0.4) is 0 Å². The molecule has 0 amide bonds. The lowest BCUT2D eigenvalue weighted by molar-refractivity contribution is -0.141. The number of ether oxygens (including phenoxy) is 1. The van der Waals surface area contributed by atoms with Gasteiger partial charge in [0.2, 0.25) is 0 Å². The normalized spacial score (nSPS) is 10.0. The number of carbonyl (C=O) groups is 1. The Morgan fingerprint density at radius 3 is 2.58 bits per heavy atom. The van der Waals surface area contributed by atoms with Crippen molar-refractivity contribution in [3.8, 4) is 11.8 Å². The summed E-state index contributed by atoms with van der Waals surface area (Å²) in [5.74, 6) is 4.70. The summed E-state index contributed by atoms with van der Waals surface area (Å²) in [7, 11) is 0. The minimum absolute atomic E-state index is 0.0395. The summed E-state index contributed by atoms with van der Waals surface area (Å²) in [6, 6.07) is 0. The minimum atomic E-state index is -1.04. The van der Waals surface area contributed by atoms with Crippen LogP contribution < -0.4 is 0 Å². The van der Waals surface area contributed by atoms with Gasteiger partial charge in [0.25, 0.3) is 0 Å². The topological polar surface area (TPSA) is 46.5 Å². The predicted molar refractivity (Wildman–Crippen MR) is 45.3 cm³/mol. The smallest absolute Gasteiger partial charge is 0.317 e. The van der Waals surface area contributed by atoms with E-state index in [2.05, 4.69) is 16.6 Å². The van der Waals surface area contributed by atoms with E-state index < -0.39 is 5.60 Å². The van der Waals surface area contributed by atoms with E-state index in [1.54, 1.807) is 20.8 Å². The van der Waals surface area contributed by atoms with Gasteiger partial charge >= 0.3 is 5.97 Å². The number of hydrogen-bond donors (Lipinski definition) is 1. The third-order valence-electron chi connectivity index (χ3n) is 0.932. The minimum Gasteiger partial charge on any atom is -0.465 e. The maximum absolute atomic E-state index is 10.7. The molecule has 0 fully saturated rings. The largest absolute Gasteiger partial charge is 0.465 e. The van der Waals surface area contributed by atoms with Gasteiger partial charge in [0.15, 0.2) is 0 Å². The van der Waals surface area contributed by atoms with Crippen LogP contribution in [-0.2, 0) is 9.53 Å². The first-order chi connectivity index (χ1) is 5.45. The summed E-state index contributed by atoms with van der Waals surface area (Å²) in [4.78, 5) is 10.7. The standard InChI is InChI=1S/C9H14O3/c1-4-12-8(10)6-5-7-9(2,3)11/h11H,4,6H2,1-3H3. The molecule has 0 aromatic rings. The maximum atomic E-state index is 10.7. The van der Waals surface area contributed by atoms with Gasteiger partial charge in [-0.25, -0.2) is 0 Å². The molecule has 0 rings (SSSR count). The Hall–Kier alpha value is -1.01. The number of esters is 1. The Kier molecular flexibility index (Phi) is 4.38. The fourth-order valence-corrected chi connectivity index (χ4v) is 0.545. The van der Waals surface area contributed by atoms with Crippen molar-refractivity contribution in [2.24, 2.45) is 0 Å². The third kappa shape index (κ3) is 7.10. The summed E-state index contributed by atoms with van der Waals surface area (Å²) >= 11 is 0. The highest BCUT2D eigenvalue weighted by Gasteiger charge is 2.06. The summed E-state index contributed by atoms with van der Waals surface area (Å²) in [5, 5.41) is 9.13. The van der Waals surface area contributed by atoms with Crippen LogP contribution in [0, 0.1) is 11.8 Å². The SMILES string of the molecule is CCOC(=O)CC#CC(C)(C)O. The van der Waals surface area contributed by atoms with Crippen LogP contribution in [-0.4, -0.2) is 23.3 Å². The third-order valence-corrected chi connectivity index (χ3v) is 0.932. The first-order valence-corrected chi connectivity index (χ1v) is 3.83. The van der Waals surface area contributed by atoms with E-state index in [1.165, 1.54) is 0 Å². The van der Waals surface area contributed by atoms with E-state index >= 15 is 0 Å². The van der Waals surface area contributed by atoms with Crippen molar-refractivity contribution in [1.29, 1.82) is 0 Å². The van der Waals surface area contributed by atoms with Gasteiger partial charge in [-0.2, -0.15) is 0 Å². The molecule has 12 heavy (non-hydrogen) atoms. The Balaban J connectivity index is 3.79. The van der Waals surface area contributed by atoms with Crippen molar-refractivity contribution in [3.05, 3.63) is 0 Å². The van der Waals surface area contributed by atoms with Crippen LogP contribution in [0.4, 0.5) is 0 Å². The predicted octanol–water partition coefficient (Wildman–Crippen LogP) is 0.714. The fraction of sp³-hybridized carbons (Fsp3) is 0.667. The molecule has 0 bridgehead atoms.